The molecule has 2 aromatic rings. The van der Waals surface area contributed by atoms with Gasteiger partial charge in [-0.15, -0.1) is 5.10 Å². The number of benzene rings is 1. The summed E-state index contributed by atoms with van der Waals surface area (Å²) < 4.78 is 30.8. The number of amides is 1. The van der Waals surface area contributed by atoms with E-state index >= 15 is 0 Å². The number of sulfone groups is 1. The van der Waals surface area contributed by atoms with Gasteiger partial charge in [0.15, 0.2) is 9.84 Å². The number of piperidine rings is 1. The molecule has 2 fully saturated rings. The average molecular weight is 420 g/mol. The van der Waals surface area contributed by atoms with E-state index in [1.807, 2.05) is 4.90 Å². The van der Waals surface area contributed by atoms with Crippen LogP contribution in [0.25, 0.3) is 0 Å². The summed E-state index contributed by atoms with van der Waals surface area (Å²) in [6.45, 7) is 3.43. The molecule has 0 atom stereocenters. The van der Waals surface area contributed by atoms with Crippen molar-refractivity contribution in [2.75, 3.05) is 44.3 Å². The highest BCUT2D eigenvalue weighted by Gasteiger charge is 2.32. The number of nitrogens with zero attached hydrogens (tertiary/aromatic N) is 6. The summed E-state index contributed by atoms with van der Waals surface area (Å²) in [7, 11) is -3.37. The molecule has 0 spiro atoms. The maximum Gasteiger partial charge on any atom is 0.266 e. The first-order valence-electron chi connectivity index (χ1n) is 9.71. The van der Waals surface area contributed by atoms with Gasteiger partial charge in [-0.1, -0.05) is 23.3 Å². The molecule has 29 heavy (non-hydrogen) atoms. The van der Waals surface area contributed by atoms with Gasteiger partial charge in [-0.25, -0.2) is 8.42 Å². The summed E-state index contributed by atoms with van der Waals surface area (Å²) in [5.41, 5.74) is 0. The standard InChI is InChI=1S/C18H24N6O4S/c25-17(14-24-20-18(19-21-24)23-10-12-28-13-11-23)22-8-6-16(7-9-22)29(26,27)15-4-2-1-3-5-15/h1-5,16H,6-14H2. The number of carbonyl (C=O) groups excluding carboxylic acids is 1. The highest BCUT2D eigenvalue weighted by atomic mass is 32.2. The van der Waals surface area contributed by atoms with Gasteiger partial charge in [0.25, 0.3) is 5.95 Å². The van der Waals surface area contributed by atoms with Crippen molar-refractivity contribution in [3.8, 4) is 0 Å². The molecule has 2 saturated heterocycles. The molecule has 0 unspecified atom stereocenters. The highest BCUT2D eigenvalue weighted by molar-refractivity contribution is 7.92. The van der Waals surface area contributed by atoms with Crippen LogP contribution in [0.5, 0.6) is 0 Å². The summed E-state index contributed by atoms with van der Waals surface area (Å²) in [5, 5.41) is 11.8. The molecular weight excluding hydrogens is 396 g/mol. The number of hydrogen-bond acceptors (Lipinski definition) is 8. The minimum Gasteiger partial charge on any atom is -0.378 e. The van der Waals surface area contributed by atoms with Crippen LogP contribution < -0.4 is 4.90 Å². The van der Waals surface area contributed by atoms with Gasteiger partial charge in [0, 0.05) is 26.2 Å². The molecule has 1 aromatic heterocycles. The fourth-order valence-electron chi connectivity index (χ4n) is 3.63. The van der Waals surface area contributed by atoms with Crippen LogP contribution in [0.1, 0.15) is 12.8 Å². The second-order valence-electron chi connectivity index (χ2n) is 7.16. The van der Waals surface area contributed by atoms with Crippen LogP contribution in [0.3, 0.4) is 0 Å². The van der Waals surface area contributed by atoms with Gasteiger partial charge in [0.1, 0.15) is 6.54 Å². The number of rotatable bonds is 5. The molecule has 11 heteroatoms. The lowest BCUT2D eigenvalue weighted by Gasteiger charge is -2.31. The molecule has 0 bridgehead atoms. The first kappa shape index (κ1) is 19.8. The van der Waals surface area contributed by atoms with Gasteiger partial charge in [-0.2, -0.15) is 4.80 Å². The monoisotopic (exact) mass is 420 g/mol. The van der Waals surface area contributed by atoms with Crippen LogP contribution in [0.15, 0.2) is 35.2 Å². The van der Waals surface area contributed by atoms with Gasteiger partial charge in [-0.05, 0) is 30.2 Å². The second-order valence-corrected chi connectivity index (χ2v) is 9.39. The highest BCUT2D eigenvalue weighted by Crippen LogP contribution is 2.24. The fourth-order valence-corrected chi connectivity index (χ4v) is 5.38. The summed E-state index contributed by atoms with van der Waals surface area (Å²) in [4.78, 5) is 17.9. The van der Waals surface area contributed by atoms with Crippen molar-refractivity contribution in [2.24, 2.45) is 0 Å². The van der Waals surface area contributed by atoms with Crippen LogP contribution in [0.2, 0.25) is 0 Å². The number of morpholine rings is 1. The van der Waals surface area contributed by atoms with E-state index < -0.39 is 15.1 Å². The number of tetrazole rings is 1. The van der Waals surface area contributed by atoms with Gasteiger partial charge in [-0.3, -0.25) is 4.79 Å². The third-order valence-corrected chi connectivity index (χ3v) is 7.60. The van der Waals surface area contributed by atoms with Crippen molar-refractivity contribution in [3.05, 3.63) is 30.3 Å². The Balaban J connectivity index is 1.32. The number of ether oxygens (including phenoxy) is 1. The number of likely N-dealkylation sites (tertiary alicyclic amines) is 1. The first-order valence-corrected chi connectivity index (χ1v) is 11.3. The molecule has 10 nitrogen and oxygen atoms in total. The summed E-state index contributed by atoms with van der Waals surface area (Å²) >= 11 is 0. The number of hydrogen-bond donors (Lipinski definition) is 0. The van der Waals surface area contributed by atoms with Crippen molar-refractivity contribution in [2.45, 2.75) is 29.5 Å². The Morgan fingerprint density at radius 2 is 1.76 bits per heavy atom. The smallest absolute Gasteiger partial charge is 0.266 e. The van der Waals surface area contributed by atoms with Gasteiger partial charge in [0.2, 0.25) is 5.91 Å². The van der Waals surface area contributed by atoms with Gasteiger partial charge >= 0.3 is 0 Å². The maximum absolute atomic E-state index is 12.8. The lowest BCUT2D eigenvalue weighted by atomic mass is 10.1. The lowest BCUT2D eigenvalue weighted by Crippen LogP contribution is -2.44. The van der Waals surface area contributed by atoms with E-state index in [0.717, 1.165) is 0 Å². The number of carbonyl (C=O) groups is 1. The summed E-state index contributed by atoms with van der Waals surface area (Å²) in [6, 6.07) is 8.48. The Labute approximate surface area is 169 Å². The van der Waals surface area contributed by atoms with Crippen LogP contribution in [-0.4, -0.2) is 84.1 Å². The van der Waals surface area contributed by atoms with Gasteiger partial charge < -0.3 is 14.5 Å². The summed E-state index contributed by atoms with van der Waals surface area (Å²) in [6.07, 6.45) is 0.847. The van der Waals surface area contributed by atoms with E-state index in [-0.39, 0.29) is 12.5 Å². The SMILES string of the molecule is O=C(Cn1nnc(N2CCOCC2)n1)N1CCC(S(=O)(=O)c2ccccc2)CC1. The van der Waals surface area contributed by atoms with E-state index in [4.69, 9.17) is 4.74 Å². The zero-order valence-corrected chi connectivity index (χ0v) is 16.9. The van der Waals surface area contributed by atoms with Crippen molar-refractivity contribution in [3.63, 3.8) is 0 Å². The van der Waals surface area contributed by atoms with E-state index in [9.17, 15) is 13.2 Å². The molecule has 4 rings (SSSR count). The van der Waals surface area contributed by atoms with Crippen molar-refractivity contribution in [1.82, 2.24) is 25.1 Å². The van der Waals surface area contributed by atoms with Crippen molar-refractivity contribution >= 4 is 21.7 Å². The van der Waals surface area contributed by atoms with Crippen LogP contribution in [0.4, 0.5) is 5.95 Å². The molecule has 1 aromatic carbocycles. The molecule has 0 N–H and O–H groups in total. The maximum atomic E-state index is 12.8. The van der Waals surface area contributed by atoms with E-state index in [1.54, 1.807) is 35.2 Å². The topological polar surface area (TPSA) is 111 Å². The van der Waals surface area contributed by atoms with Crippen molar-refractivity contribution < 1.29 is 17.9 Å². The summed E-state index contributed by atoms with van der Waals surface area (Å²) in [5.74, 6) is 0.361. The molecule has 156 valence electrons. The second kappa shape index (κ2) is 8.46. The number of aromatic nitrogens is 4. The Morgan fingerprint density at radius 3 is 2.45 bits per heavy atom. The molecule has 0 radical (unpaired) electrons. The Bertz CT molecular complexity index is 934. The molecular formula is C18H24N6O4S. The predicted molar refractivity (Wildman–Crippen MR) is 104 cm³/mol. The molecule has 0 saturated carbocycles. The van der Waals surface area contributed by atoms with Crippen LogP contribution >= 0.6 is 0 Å². The zero-order valence-electron chi connectivity index (χ0n) is 16.1. The van der Waals surface area contributed by atoms with Gasteiger partial charge in [0.05, 0.1) is 23.4 Å². The third kappa shape index (κ3) is 4.40. The molecule has 3 heterocycles. The van der Waals surface area contributed by atoms with Crippen molar-refractivity contribution in [1.29, 1.82) is 0 Å². The van der Waals surface area contributed by atoms with E-state index in [1.165, 1.54) is 4.80 Å². The molecule has 1 amide bonds. The average Bonchev–Trinajstić information content (AvgIpc) is 3.23. The fraction of sp³-hybridized carbons (Fsp3) is 0.556. The Hall–Kier alpha value is -2.53. The lowest BCUT2D eigenvalue weighted by molar-refractivity contribution is -0.133. The molecule has 0 aliphatic carbocycles. The van der Waals surface area contributed by atoms with E-state index in [0.29, 0.717) is 63.1 Å². The predicted octanol–water partition coefficient (Wildman–Crippen LogP) is -0.0254. The quantitative estimate of drug-likeness (QED) is 0.663. The Kier molecular flexibility index (Phi) is 5.76. The van der Waals surface area contributed by atoms with E-state index in [2.05, 4.69) is 15.4 Å². The first-order chi connectivity index (χ1) is 14.0. The van der Waals surface area contributed by atoms with Crippen LogP contribution in [-0.2, 0) is 25.9 Å². The normalized spacial score (nSPS) is 18.8. The minimum atomic E-state index is -3.37. The number of anilines is 1. The third-order valence-electron chi connectivity index (χ3n) is 5.32. The molecule has 2 aliphatic rings. The minimum absolute atomic E-state index is 0.00651. The molecule has 2 aliphatic heterocycles. The zero-order chi connectivity index (χ0) is 20.3. The Morgan fingerprint density at radius 1 is 1.07 bits per heavy atom. The van der Waals surface area contributed by atoms with Crippen LogP contribution in [0, 0.1) is 0 Å². The largest absolute Gasteiger partial charge is 0.378 e.